The van der Waals surface area contributed by atoms with Gasteiger partial charge in [0.15, 0.2) is 5.69 Å². The maximum Gasteiger partial charge on any atom is 0.330 e. The number of nitrogens with zero attached hydrogens (tertiary/aromatic N) is 3. The Bertz CT molecular complexity index is 1030. The van der Waals surface area contributed by atoms with E-state index in [2.05, 4.69) is 11.6 Å². The SMILES string of the molecule is C=CCN(CC(=O)N(CCCC)c1c(N)n(CCCC)c(=O)[nH]c1=O)Cc1ccc(Cl)s1. The van der Waals surface area contributed by atoms with Crippen molar-refractivity contribution in [3.05, 3.63) is 54.8 Å². The van der Waals surface area contributed by atoms with Crippen molar-refractivity contribution in [1.82, 2.24) is 14.5 Å². The Kier molecular flexibility index (Phi) is 10.2. The normalized spacial score (nSPS) is 11.1. The number of hydrogen-bond acceptors (Lipinski definition) is 6. The number of nitrogens with one attached hydrogen (secondary N) is 1. The molecule has 0 unspecified atom stereocenters. The third kappa shape index (κ3) is 6.82. The molecule has 0 atom stereocenters. The van der Waals surface area contributed by atoms with Crippen molar-refractivity contribution < 1.29 is 4.79 Å². The number of carbonyl (C=O) groups excluding carboxylic acids is 1. The van der Waals surface area contributed by atoms with Gasteiger partial charge in [0.05, 0.1) is 10.9 Å². The standard InChI is InChI=1S/C22H32ClN5O3S/c1-4-7-12-27(19-20(24)28(13-8-5-2)22(31)25-21(19)30)18(29)15-26(11-6-3)14-16-9-10-17(23)32-16/h6,9-10H,3-5,7-8,11-15,24H2,1-2H3,(H,25,30,31). The predicted molar refractivity (Wildman–Crippen MR) is 133 cm³/mol. The molecular weight excluding hydrogens is 450 g/mol. The van der Waals surface area contributed by atoms with E-state index in [1.807, 2.05) is 30.9 Å². The molecule has 0 fully saturated rings. The average molecular weight is 482 g/mol. The van der Waals surface area contributed by atoms with Gasteiger partial charge in [-0.1, -0.05) is 44.4 Å². The van der Waals surface area contributed by atoms with Gasteiger partial charge in [-0.05, 0) is 25.0 Å². The summed E-state index contributed by atoms with van der Waals surface area (Å²) < 4.78 is 2.02. The number of rotatable bonds is 13. The maximum absolute atomic E-state index is 13.4. The second-order valence-corrected chi connectivity index (χ2v) is 9.36. The van der Waals surface area contributed by atoms with Crippen LogP contribution in [0.25, 0.3) is 0 Å². The van der Waals surface area contributed by atoms with E-state index in [9.17, 15) is 14.4 Å². The highest BCUT2D eigenvalue weighted by atomic mass is 35.5. The van der Waals surface area contributed by atoms with Crippen molar-refractivity contribution in [3.63, 3.8) is 0 Å². The smallest absolute Gasteiger partial charge is 0.330 e. The number of carbonyl (C=O) groups is 1. The van der Waals surface area contributed by atoms with Crippen LogP contribution in [0, 0.1) is 0 Å². The molecule has 0 aliphatic rings. The van der Waals surface area contributed by atoms with Crippen LogP contribution in [-0.2, 0) is 17.9 Å². The maximum atomic E-state index is 13.4. The summed E-state index contributed by atoms with van der Waals surface area (Å²) in [5, 5.41) is 0. The van der Waals surface area contributed by atoms with Crippen LogP contribution in [-0.4, -0.2) is 40.0 Å². The summed E-state index contributed by atoms with van der Waals surface area (Å²) in [6.45, 7) is 9.58. The van der Waals surface area contributed by atoms with E-state index in [0.29, 0.717) is 36.9 Å². The lowest BCUT2D eigenvalue weighted by Gasteiger charge is -2.27. The molecular formula is C22H32ClN5O3S. The number of unbranched alkanes of at least 4 members (excludes halogenated alkanes) is 2. The van der Waals surface area contributed by atoms with Gasteiger partial charge in [-0.3, -0.25) is 24.0 Å². The fourth-order valence-corrected chi connectivity index (χ4v) is 4.49. The van der Waals surface area contributed by atoms with Crippen molar-refractivity contribution in [2.45, 2.75) is 52.6 Å². The second kappa shape index (κ2) is 12.6. The van der Waals surface area contributed by atoms with Gasteiger partial charge >= 0.3 is 5.69 Å². The third-order valence-corrected chi connectivity index (χ3v) is 6.23. The number of thiophene rings is 1. The largest absolute Gasteiger partial charge is 0.383 e. The third-order valence-electron chi connectivity index (χ3n) is 5.01. The van der Waals surface area contributed by atoms with E-state index >= 15 is 0 Å². The molecule has 1 amide bonds. The Morgan fingerprint density at radius 3 is 2.59 bits per heavy atom. The molecule has 2 heterocycles. The van der Waals surface area contributed by atoms with Crippen LogP contribution < -0.4 is 21.9 Å². The molecule has 0 aromatic carbocycles. The summed E-state index contributed by atoms with van der Waals surface area (Å²) in [6, 6.07) is 3.75. The number of hydrogen-bond donors (Lipinski definition) is 2. The van der Waals surface area contributed by atoms with E-state index in [1.54, 1.807) is 6.08 Å². The first kappa shape index (κ1) is 25.9. The summed E-state index contributed by atoms with van der Waals surface area (Å²) in [7, 11) is 0. The van der Waals surface area contributed by atoms with Gasteiger partial charge in [0.1, 0.15) is 5.82 Å². The Hall–Kier alpha value is -2.36. The molecule has 0 saturated carbocycles. The summed E-state index contributed by atoms with van der Waals surface area (Å²) in [5.74, 6) is -0.238. The van der Waals surface area contributed by atoms with Gasteiger partial charge in [0, 0.05) is 31.1 Å². The Morgan fingerprint density at radius 2 is 2.00 bits per heavy atom. The number of aromatic amines is 1. The molecule has 32 heavy (non-hydrogen) atoms. The minimum Gasteiger partial charge on any atom is -0.383 e. The van der Waals surface area contributed by atoms with Gasteiger partial charge in [0.25, 0.3) is 5.56 Å². The van der Waals surface area contributed by atoms with Gasteiger partial charge < -0.3 is 10.6 Å². The molecule has 0 bridgehead atoms. The van der Waals surface area contributed by atoms with Crippen LogP contribution in [0.1, 0.15) is 44.4 Å². The van der Waals surface area contributed by atoms with Crippen molar-refractivity contribution in [1.29, 1.82) is 0 Å². The minimum absolute atomic E-state index is 0.0250. The molecule has 0 saturated heterocycles. The Balaban J connectivity index is 2.37. The lowest BCUT2D eigenvalue weighted by Crippen LogP contribution is -2.45. The summed E-state index contributed by atoms with van der Waals surface area (Å²) in [4.78, 5) is 45.1. The molecule has 10 heteroatoms. The number of anilines is 2. The summed E-state index contributed by atoms with van der Waals surface area (Å²) in [6.07, 6.45) is 4.85. The first-order valence-electron chi connectivity index (χ1n) is 10.8. The first-order chi connectivity index (χ1) is 15.3. The van der Waals surface area contributed by atoms with Crippen LogP contribution in [0.15, 0.2) is 34.4 Å². The highest BCUT2D eigenvalue weighted by molar-refractivity contribution is 7.16. The highest BCUT2D eigenvalue weighted by Gasteiger charge is 2.25. The molecule has 2 aromatic rings. The van der Waals surface area contributed by atoms with Gasteiger partial charge in [0.2, 0.25) is 5.91 Å². The fraction of sp³-hybridized carbons (Fsp3) is 0.500. The molecule has 0 radical (unpaired) electrons. The lowest BCUT2D eigenvalue weighted by molar-refractivity contribution is -0.119. The molecule has 0 aliphatic heterocycles. The molecule has 2 rings (SSSR count). The molecule has 0 spiro atoms. The zero-order chi connectivity index (χ0) is 23.7. The predicted octanol–water partition coefficient (Wildman–Crippen LogP) is 3.46. The van der Waals surface area contributed by atoms with Crippen molar-refractivity contribution in [2.24, 2.45) is 0 Å². The van der Waals surface area contributed by atoms with Gasteiger partial charge in [-0.2, -0.15) is 0 Å². The molecule has 0 aliphatic carbocycles. The van der Waals surface area contributed by atoms with E-state index in [4.69, 9.17) is 17.3 Å². The van der Waals surface area contributed by atoms with Gasteiger partial charge in [-0.15, -0.1) is 17.9 Å². The zero-order valence-electron chi connectivity index (χ0n) is 18.7. The highest BCUT2D eigenvalue weighted by Crippen LogP contribution is 2.23. The zero-order valence-corrected chi connectivity index (χ0v) is 20.3. The molecule has 3 N–H and O–H groups in total. The first-order valence-corrected chi connectivity index (χ1v) is 12.0. The van der Waals surface area contributed by atoms with Crippen molar-refractivity contribution >= 4 is 40.4 Å². The molecule has 2 aromatic heterocycles. The van der Waals surface area contributed by atoms with E-state index in [1.165, 1.54) is 20.8 Å². The second-order valence-electron chi connectivity index (χ2n) is 7.56. The van der Waals surface area contributed by atoms with Crippen molar-refractivity contribution in [2.75, 3.05) is 30.3 Å². The quantitative estimate of drug-likeness (QED) is 0.426. The van der Waals surface area contributed by atoms with Gasteiger partial charge in [-0.25, -0.2) is 4.79 Å². The molecule has 176 valence electrons. The summed E-state index contributed by atoms with van der Waals surface area (Å²) in [5.41, 5.74) is 5.09. The lowest BCUT2D eigenvalue weighted by atomic mass is 10.2. The van der Waals surface area contributed by atoms with Crippen LogP contribution in [0.3, 0.4) is 0 Å². The van der Waals surface area contributed by atoms with Crippen LogP contribution >= 0.6 is 22.9 Å². The average Bonchev–Trinajstić information content (AvgIpc) is 3.14. The monoisotopic (exact) mass is 481 g/mol. The topological polar surface area (TPSA) is 104 Å². The Morgan fingerprint density at radius 1 is 1.28 bits per heavy atom. The number of nitrogen functional groups attached to an aromatic ring is 1. The van der Waals surface area contributed by atoms with E-state index < -0.39 is 11.2 Å². The van der Waals surface area contributed by atoms with E-state index in [0.717, 1.165) is 24.1 Å². The van der Waals surface area contributed by atoms with Crippen LogP contribution in [0.4, 0.5) is 11.5 Å². The number of halogens is 1. The number of amides is 1. The molecule has 8 nitrogen and oxygen atoms in total. The van der Waals surface area contributed by atoms with Crippen molar-refractivity contribution in [3.8, 4) is 0 Å². The Labute approximate surface area is 197 Å². The van der Waals surface area contributed by atoms with Crippen LogP contribution in [0.5, 0.6) is 0 Å². The minimum atomic E-state index is -0.648. The number of aromatic nitrogens is 2. The van der Waals surface area contributed by atoms with E-state index in [-0.39, 0.29) is 24.0 Å². The number of H-pyrrole nitrogens is 1. The van der Waals surface area contributed by atoms with Crippen LogP contribution in [0.2, 0.25) is 4.34 Å². The fourth-order valence-electron chi connectivity index (χ4n) is 3.36. The summed E-state index contributed by atoms with van der Waals surface area (Å²) >= 11 is 7.49. The number of nitrogens with two attached hydrogens (primary N) is 1.